The van der Waals surface area contributed by atoms with Gasteiger partial charge in [0.1, 0.15) is 0 Å². The van der Waals surface area contributed by atoms with Crippen molar-refractivity contribution in [3.05, 3.63) is 34.4 Å². The summed E-state index contributed by atoms with van der Waals surface area (Å²) in [5.41, 5.74) is 2.24. The van der Waals surface area contributed by atoms with Crippen LogP contribution in [-0.4, -0.2) is 10.7 Å². The van der Waals surface area contributed by atoms with E-state index in [-0.39, 0.29) is 103 Å². The van der Waals surface area contributed by atoms with Gasteiger partial charge in [-0.2, -0.15) is 0 Å². The van der Waals surface area contributed by atoms with Gasteiger partial charge in [-0.3, -0.25) is 0 Å². The predicted molar refractivity (Wildman–Crippen MR) is 75.7 cm³/mol. The molecule has 0 atom stereocenters. The monoisotopic (exact) mass is 411 g/mol. The number of terminal acetylenes is 1. The van der Waals surface area contributed by atoms with Crippen LogP contribution in [0.3, 0.4) is 0 Å². The summed E-state index contributed by atoms with van der Waals surface area (Å²) in [6.07, 6.45) is 5.92. The van der Waals surface area contributed by atoms with E-state index in [1.54, 1.807) is 0 Å². The standard InChI is InChI=1S/C14H12BrN.CH2O3.2K/c1-2-13-7-11-5-6-12(15)8-14(11)16(13)9-10-3-4-10;2-1(3)4;;/h1,5-8,10H,3-4,9H2;(H2,2,3,4);;/q;;2*+1/p-2. The first-order valence-electron chi connectivity index (χ1n) is 6.14. The van der Waals surface area contributed by atoms with E-state index in [9.17, 15) is 0 Å². The summed E-state index contributed by atoms with van der Waals surface area (Å²) in [4.78, 5) is 8.33. The molecule has 22 heavy (non-hydrogen) atoms. The van der Waals surface area contributed by atoms with Gasteiger partial charge in [0.25, 0.3) is 0 Å². The summed E-state index contributed by atoms with van der Waals surface area (Å²) in [6, 6.07) is 8.43. The Hall–Kier alpha value is 1.34. The molecule has 1 fully saturated rings. The maximum absolute atomic E-state index is 8.33. The van der Waals surface area contributed by atoms with E-state index in [1.165, 1.54) is 23.7 Å². The Morgan fingerprint density at radius 1 is 1.32 bits per heavy atom. The fraction of sp³-hybridized carbons (Fsp3) is 0.267. The zero-order chi connectivity index (χ0) is 14.7. The van der Waals surface area contributed by atoms with E-state index >= 15 is 0 Å². The molecule has 1 aromatic heterocycles. The quantitative estimate of drug-likeness (QED) is 0.368. The van der Waals surface area contributed by atoms with Crippen LogP contribution in [0.5, 0.6) is 0 Å². The van der Waals surface area contributed by atoms with Gasteiger partial charge in [-0.15, -0.1) is 6.42 Å². The molecule has 4 nitrogen and oxygen atoms in total. The minimum Gasteiger partial charge on any atom is -0.652 e. The molecule has 0 unspecified atom stereocenters. The number of carbonyl (C=O) groups excluding carboxylic acids is 1. The number of halogens is 1. The van der Waals surface area contributed by atoms with E-state index < -0.39 is 6.16 Å². The van der Waals surface area contributed by atoms with Crippen LogP contribution in [-0.2, 0) is 6.54 Å². The zero-order valence-corrected chi connectivity index (χ0v) is 20.5. The summed E-state index contributed by atoms with van der Waals surface area (Å²) < 4.78 is 3.39. The average Bonchev–Trinajstić information content (AvgIpc) is 3.12. The largest absolute Gasteiger partial charge is 1.00 e. The maximum Gasteiger partial charge on any atom is 1.00 e. The van der Waals surface area contributed by atoms with E-state index in [1.807, 2.05) is 0 Å². The SMILES string of the molecule is C#Cc1cc2ccc(Br)cc2n1CC1CC1.O=C([O-])[O-].[K+].[K+]. The van der Waals surface area contributed by atoms with Crippen molar-refractivity contribution >= 4 is 33.0 Å². The van der Waals surface area contributed by atoms with E-state index in [0.717, 1.165) is 22.6 Å². The van der Waals surface area contributed by atoms with Crippen molar-refractivity contribution in [1.82, 2.24) is 4.57 Å². The molecular weight excluding hydrogens is 400 g/mol. The topological polar surface area (TPSA) is 68.1 Å². The smallest absolute Gasteiger partial charge is 0.652 e. The summed E-state index contributed by atoms with van der Waals surface area (Å²) in [6.45, 7) is 1.07. The molecular formula is C15H12BrK2NO3. The number of hydrogen-bond acceptors (Lipinski definition) is 3. The maximum atomic E-state index is 8.33. The van der Waals surface area contributed by atoms with Gasteiger partial charge in [-0.1, -0.05) is 27.9 Å². The third-order valence-corrected chi connectivity index (χ3v) is 3.65. The Morgan fingerprint density at radius 2 is 1.91 bits per heavy atom. The van der Waals surface area contributed by atoms with Crippen molar-refractivity contribution in [3.63, 3.8) is 0 Å². The first kappa shape index (κ1) is 23.3. The van der Waals surface area contributed by atoms with Crippen molar-refractivity contribution in [3.8, 4) is 12.3 Å². The van der Waals surface area contributed by atoms with Crippen molar-refractivity contribution in [1.29, 1.82) is 0 Å². The molecule has 0 saturated heterocycles. The van der Waals surface area contributed by atoms with E-state index in [2.05, 4.69) is 50.7 Å². The van der Waals surface area contributed by atoms with Crippen LogP contribution in [0.1, 0.15) is 18.5 Å². The minimum atomic E-state index is -2.33. The Labute approximate surface area is 223 Å². The van der Waals surface area contributed by atoms with Gasteiger partial charge in [-0.25, -0.2) is 0 Å². The second-order valence-electron chi connectivity index (χ2n) is 4.68. The fourth-order valence-electron chi connectivity index (χ4n) is 2.10. The van der Waals surface area contributed by atoms with Crippen molar-refractivity contribution < 1.29 is 118 Å². The van der Waals surface area contributed by atoms with Gasteiger partial charge >= 0.3 is 103 Å². The number of rotatable bonds is 2. The zero-order valence-electron chi connectivity index (χ0n) is 12.6. The number of carboxylic acid groups (broad SMARTS) is 2. The van der Waals surface area contributed by atoms with Crippen LogP contribution in [0.25, 0.3) is 10.9 Å². The van der Waals surface area contributed by atoms with Gasteiger partial charge in [0.05, 0.1) is 11.2 Å². The van der Waals surface area contributed by atoms with Crippen molar-refractivity contribution in [2.24, 2.45) is 5.92 Å². The Balaban J connectivity index is 0.000000665. The molecule has 2 aromatic rings. The number of benzene rings is 1. The first-order valence-corrected chi connectivity index (χ1v) is 6.94. The van der Waals surface area contributed by atoms with Crippen LogP contribution in [0.2, 0.25) is 0 Å². The minimum absolute atomic E-state index is 0. The number of aromatic nitrogens is 1. The van der Waals surface area contributed by atoms with Gasteiger partial charge in [0.15, 0.2) is 0 Å². The molecule has 0 spiro atoms. The van der Waals surface area contributed by atoms with Gasteiger partial charge < -0.3 is 19.6 Å². The molecule has 1 aromatic carbocycles. The second-order valence-corrected chi connectivity index (χ2v) is 5.60. The molecule has 7 heteroatoms. The van der Waals surface area contributed by atoms with Crippen LogP contribution >= 0.6 is 15.9 Å². The first-order chi connectivity index (χ1) is 9.51. The molecule has 1 aliphatic rings. The van der Waals surface area contributed by atoms with Crippen LogP contribution in [0.4, 0.5) is 4.79 Å². The Bertz CT molecular complexity index is 686. The third kappa shape index (κ3) is 7.07. The number of nitrogens with zero attached hydrogens (tertiary/aromatic N) is 1. The molecule has 0 N–H and O–H groups in total. The molecule has 0 bridgehead atoms. The molecule has 104 valence electrons. The number of hydrogen-bond donors (Lipinski definition) is 0. The molecule has 3 rings (SSSR count). The van der Waals surface area contributed by atoms with Crippen LogP contribution in [0.15, 0.2) is 28.7 Å². The average molecular weight is 412 g/mol. The molecule has 1 aliphatic carbocycles. The van der Waals surface area contributed by atoms with Crippen molar-refractivity contribution in [2.75, 3.05) is 0 Å². The fourth-order valence-corrected chi connectivity index (χ4v) is 2.45. The Morgan fingerprint density at radius 3 is 2.41 bits per heavy atom. The molecule has 0 radical (unpaired) electrons. The van der Waals surface area contributed by atoms with E-state index in [4.69, 9.17) is 21.4 Å². The van der Waals surface area contributed by atoms with Crippen LogP contribution in [0, 0.1) is 18.3 Å². The summed E-state index contributed by atoms with van der Waals surface area (Å²) in [5.74, 6) is 3.62. The normalized spacial score (nSPS) is 12.2. The predicted octanol–water partition coefficient (Wildman–Crippen LogP) is -4.64. The summed E-state index contributed by atoms with van der Waals surface area (Å²) in [5, 5.41) is 17.9. The van der Waals surface area contributed by atoms with E-state index in [0.29, 0.717) is 0 Å². The molecule has 1 heterocycles. The van der Waals surface area contributed by atoms with Gasteiger partial charge in [0.2, 0.25) is 0 Å². The molecule has 0 aliphatic heterocycles. The third-order valence-electron chi connectivity index (χ3n) is 3.15. The van der Waals surface area contributed by atoms with Gasteiger partial charge in [0, 0.05) is 16.4 Å². The molecule has 0 amide bonds. The number of fused-ring (bicyclic) bond motifs is 1. The molecule has 1 saturated carbocycles. The summed E-state index contributed by atoms with van der Waals surface area (Å²) >= 11 is 3.51. The van der Waals surface area contributed by atoms with Gasteiger partial charge in [-0.05, 0) is 43.1 Å². The summed E-state index contributed by atoms with van der Waals surface area (Å²) in [7, 11) is 0. The number of carbonyl (C=O) groups is 1. The van der Waals surface area contributed by atoms with Crippen molar-refractivity contribution in [2.45, 2.75) is 19.4 Å². The second kappa shape index (κ2) is 11.1. The Kier molecular flexibility index (Phi) is 11.7. The van der Waals surface area contributed by atoms with Crippen LogP contribution < -0.4 is 113 Å².